The van der Waals surface area contributed by atoms with Crippen LogP contribution < -0.4 is 10.1 Å². The summed E-state index contributed by atoms with van der Waals surface area (Å²) in [5.41, 5.74) is 0.832. The molecule has 0 aliphatic carbocycles. The zero-order chi connectivity index (χ0) is 14.6. The van der Waals surface area contributed by atoms with Crippen molar-refractivity contribution in [2.24, 2.45) is 0 Å². The summed E-state index contributed by atoms with van der Waals surface area (Å²) in [6.07, 6.45) is 9.23. The zero-order valence-electron chi connectivity index (χ0n) is 12.8. The van der Waals surface area contributed by atoms with Crippen LogP contribution in [0.4, 0.5) is 5.69 Å². The molecule has 3 nitrogen and oxygen atoms in total. The number of carbonyl (C=O) groups is 1. The van der Waals surface area contributed by atoms with Crippen molar-refractivity contribution in [1.82, 2.24) is 0 Å². The molecule has 0 bridgehead atoms. The maximum atomic E-state index is 11.8. The van der Waals surface area contributed by atoms with Crippen molar-refractivity contribution < 1.29 is 9.53 Å². The first-order chi connectivity index (χ1) is 9.76. The highest BCUT2D eigenvalue weighted by Gasteiger charge is 2.02. The second-order valence-corrected chi connectivity index (χ2v) is 5.15. The van der Waals surface area contributed by atoms with E-state index in [2.05, 4.69) is 12.2 Å². The van der Waals surface area contributed by atoms with Crippen LogP contribution in [0, 0.1) is 0 Å². The van der Waals surface area contributed by atoms with E-state index in [9.17, 15) is 4.79 Å². The fraction of sp³-hybridized carbons (Fsp3) is 0.588. The topological polar surface area (TPSA) is 38.3 Å². The molecule has 0 atom stereocenters. The van der Waals surface area contributed by atoms with Gasteiger partial charge in [-0.05, 0) is 30.7 Å². The zero-order valence-corrected chi connectivity index (χ0v) is 12.8. The van der Waals surface area contributed by atoms with Gasteiger partial charge in [-0.1, -0.05) is 45.4 Å². The number of carbonyl (C=O) groups excluding carboxylic acids is 1. The van der Waals surface area contributed by atoms with Crippen molar-refractivity contribution in [2.75, 3.05) is 12.4 Å². The summed E-state index contributed by atoms with van der Waals surface area (Å²) in [6.45, 7) is 2.23. The van der Waals surface area contributed by atoms with Gasteiger partial charge in [0.2, 0.25) is 5.91 Å². The smallest absolute Gasteiger partial charge is 0.224 e. The molecule has 0 heterocycles. The van der Waals surface area contributed by atoms with Crippen molar-refractivity contribution in [3.63, 3.8) is 0 Å². The van der Waals surface area contributed by atoms with Crippen molar-refractivity contribution in [3.05, 3.63) is 24.3 Å². The Hall–Kier alpha value is -1.51. The average Bonchev–Trinajstić information content (AvgIpc) is 2.47. The number of methoxy groups -OCH3 is 1. The minimum Gasteiger partial charge on any atom is -0.497 e. The second kappa shape index (κ2) is 10.3. The molecule has 0 aromatic heterocycles. The van der Waals surface area contributed by atoms with E-state index in [1.807, 2.05) is 24.3 Å². The van der Waals surface area contributed by atoms with E-state index >= 15 is 0 Å². The molecule has 0 aliphatic rings. The van der Waals surface area contributed by atoms with E-state index in [1.165, 1.54) is 32.1 Å². The van der Waals surface area contributed by atoms with Gasteiger partial charge in [0.15, 0.2) is 0 Å². The van der Waals surface area contributed by atoms with E-state index in [4.69, 9.17) is 4.74 Å². The van der Waals surface area contributed by atoms with Gasteiger partial charge in [-0.15, -0.1) is 0 Å². The monoisotopic (exact) mass is 277 g/mol. The van der Waals surface area contributed by atoms with Crippen LogP contribution in [0.2, 0.25) is 0 Å². The molecule has 112 valence electrons. The van der Waals surface area contributed by atoms with E-state index in [0.717, 1.165) is 24.3 Å². The summed E-state index contributed by atoms with van der Waals surface area (Å²) in [4.78, 5) is 11.8. The maximum Gasteiger partial charge on any atom is 0.224 e. The van der Waals surface area contributed by atoms with Gasteiger partial charge in [0, 0.05) is 12.1 Å². The summed E-state index contributed by atoms with van der Waals surface area (Å²) >= 11 is 0. The average molecular weight is 277 g/mol. The number of amides is 1. The SMILES string of the molecule is CCCCCCCCCC(=O)Nc1ccc(OC)cc1. The molecule has 3 heteroatoms. The molecule has 1 aromatic carbocycles. The lowest BCUT2D eigenvalue weighted by Crippen LogP contribution is -2.10. The van der Waals surface area contributed by atoms with Crippen molar-refractivity contribution in [1.29, 1.82) is 0 Å². The van der Waals surface area contributed by atoms with Gasteiger partial charge >= 0.3 is 0 Å². The van der Waals surface area contributed by atoms with Crippen LogP contribution in [-0.2, 0) is 4.79 Å². The number of unbranched alkanes of at least 4 members (excludes halogenated alkanes) is 6. The normalized spacial score (nSPS) is 10.3. The quantitative estimate of drug-likeness (QED) is 0.625. The molecule has 0 spiro atoms. The van der Waals surface area contributed by atoms with Gasteiger partial charge in [0.1, 0.15) is 5.75 Å². The molecular formula is C17H27NO2. The summed E-state index contributed by atoms with van der Waals surface area (Å²) in [6, 6.07) is 7.43. The van der Waals surface area contributed by atoms with Crippen LogP contribution >= 0.6 is 0 Å². The van der Waals surface area contributed by atoms with Crippen LogP contribution in [0.25, 0.3) is 0 Å². The lowest BCUT2D eigenvalue weighted by molar-refractivity contribution is -0.116. The van der Waals surface area contributed by atoms with Crippen LogP contribution in [0.15, 0.2) is 24.3 Å². The van der Waals surface area contributed by atoms with Gasteiger partial charge < -0.3 is 10.1 Å². The Morgan fingerprint density at radius 2 is 1.60 bits per heavy atom. The molecule has 1 amide bonds. The highest BCUT2D eigenvalue weighted by molar-refractivity contribution is 5.90. The Morgan fingerprint density at radius 1 is 1.00 bits per heavy atom. The number of nitrogens with one attached hydrogen (secondary N) is 1. The van der Waals surface area contributed by atoms with Gasteiger partial charge in [-0.25, -0.2) is 0 Å². The first-order valence-electron chi connectivity index (χ1n) is 7.70. The predicted molar refractivity (Wildman–Crippen MR) is 84.2 cm³/mol. The van der Waals surface area contributed by atoms with Gasteiger partial charge in [-0.3, -0.25) is 4.79 Å². The van der Waals surface area contributed by atoms with E-state index < -0.39 is 0 Å². The van der Waals surface area contributed by atoms with Crippen LogP contribution in [-0.4, -0.2) is 13.0 Å². The predicted octanol–water partition coefficient (Wildman–Crippen LogP) is 4.77. The first kappa shape index (κ1) is 16.5. The molecule has 0 aliphatic heterocycles. The summed E-state index contributed by atoms with van der Waals surface area (Å²) in [5, 5.41) is 2.91. The molecular weight excluding hydrogens is 250 g/mol. The standard InChI is InChI=1S/C17H27NO2/c1-3-4-5-6-7-8-9-10-17(19)18-15-11-13-16(20-2)14-12-15/h11-14H,3-10H2,1-2H3,(H,18,19). The summed E-state index contributed by atoms with van der Waals surface area (Å²) < 4.78 is 5.08. The van der Waals surface area contributed by atoms with E-state index in [-0.39, 0.29) is 5.91 Å². The minimum atomic E-state index is 0.101. The van der Waals surface area contributed by atoms with Crippen molar-refractivity contribution >= 4 is 11.6 Å². The molecule has 1 rings (SSSR count). The number of anilines is 1. The number of ether oxygens (including phenoxy) is 1. The fourth-order valence-electron chi connectivity index (χ4n) is 2.14. The molecule has 0 radical (unpaired) electrons. The molecule has 1 N–H and O–H groups in total. The lowest BCUT2D eigenvalue weighted by atomic mass is 10.1. The van der Waals surface area contributed by atoms with E-state index in [0.29, 0.717) is 6.42 Å². The highest BCUT2D eigenvalue weighted by Crippen LogP contribution is 2.15. The minimum absolute atomic E-state index is 0.101. The molecule has 0 saturated carbocycles. The largest absolute Gasteiger partial charge is 0.497 e. The number of rotatable bonds is 10. The molecule has 0 unspecified atom stereocenters. The first-order valence-corrected chi connectivity index (χ1v) is 7.70. The van der Waals surface area contributed by atoms with Gasteiger partial charge in [0.05, 0.1) is 7.11 Å². The van der Waals surface area contributed by atoms with Crippen molar-refractivity contribution in [2.45, 2.75) is 58.3 Å². The lowest BCUT2D eigenvalue weighted by Gasteiger charge is -2.06. The third-order valence-corrected chi connectivity index (χ3v) is 3.38. The van der Waals surface area contributed by atoms with E-state index in [1.54, 1.807) is 7.11 Å². The molecule has 0 fully saturated rings. The molecule has 1 aromatic rings. The summed E-state index contributed by atoms with van der Waals surface area (Å²) in [7, 11) is 1.63. The summed E-state index contributed by atoms with van der Waals surface area (Å²) in [5.74, 6) is 0.902. The Kier molecular flexibility index (Phi) is 8.52. The molecule has 20 heavy (non-hydrogen) atoms. The number of hydrogen-bond donors (Lipinski definition) is 1. The Bertz CT molecular complexity index is 373. The molecule has 0 saturated heterocycles. The third kappa shape index (κ3) is 7.17. The third-order valence-electron chi connectivity index (χ3n) is 3.38. The maximum absolute atomic E-state index is 11.8. The highest BCUT2D eigenvalue weighted by atomic mass is 16.5. The van der Waals surface area contributed by atoms with Crippen LogP contribution in [0.5, 0.6) is 5.75 Å². The van der Waals surface area contributed by atoms with Gasteiger partial charge in [0.25, 0.3) is 0 Å². The number of hydrogen-bond acceptors (Lipinski definition) is 2. The Balaban J connectivity index is 2.10. The van der Waals surface area contributed by atoms with Gasteiger partial charge in [-0.2, -0.15) is 0 Å². The Morgan fingerprint density at radius 3 is 2.20 bits per heavy atom. The van der Waals surface area contributed by atoms with Crippen molar-refractivity contribution in [3.8, 4) is 5.75 Å². The van der Waals surface area contributed by atoms with Crippen LogP contribution in [0.3, 0.4) is 0 Å². The van der Waals surface area contributed by atoms with Crippen LogP contribution in [0.1, 0.15) is 58.3 Å². The second-order valence-electron chi connectivity index (χ2n) is 5.15. The fourth-order valence-corrected chi connectivity index (χ4v) is 2.14. The Labute approximate surface area is 122 Å². The number of benzene rings is 1.